The Morgan fingerprint density at radius 3 is 2.55 bits per heavy atom. The maximum Gasteiger partial charge on any atom is 0.229 e. The zero-order chi connectivity index (χ0) is 28.0. The van der Waals surface area contributed by atoms with Gasteiger partial charge in [0.1, 0.15) is 11.6 Å². The van der Waals surface area contributed by atoms with Crippen molar-refractivity contribution in [2.24, 2.45) is 17.6 Å². The Labute approximate surface area is 231 Å². The number of aliphatic hydroxyl groups is 1. The van der Waals surface area contributed by atoms with Gasteiger partial charge in [0.15, 0.2) is 0 Å². The smallest absolute Gasteiger partial charge is 0.229 e. The molecule has 0 amide bonds. The zero-order valence-electron chi connectivity index (χ0n) is 22.6. The summed E-state index contributed by atoms with van der Waals surface area (Å²) in [5.74, 6) is 0.0542. The minimum absolute atomic E-state index is 0.113. The minimum atomic E-state index is -1.32. The summed E-state index contributed by atoms with van der Waals surface area (Å²) >= 11 is 0. The number of benzene rings is 1. The van der Waals surface area contributed by atoms with Crippen LogP contribution < -0.4 is 11.1 Å². The van der Waals surface area contributed by atoms with Gasteiger partial charge in [0.2, 0.25) is 5.95 Å². The minimum Gasteiger partial charge on any atom is -0.385 e. The third-order valence-corrected chi connectivity index (χ3v) is 8.87. The molecule has 8 nitrogen and oxygen atoms in total. The molecule has 40 heavy (non-hydrogen) atoms. The Hall–Kier alpha value is -3.47. The van der Waals surface area contributed by atoms with Crippen LogP contribution in [0.15, 0.2) is 48.9 Å². The summed E-state index contributed by atoms with van der Waals surface area (Å²) < 4.78 is 37.6. The number of nitrogens with one attached hydrogen (secondary N) is 1. The van der Waals surface area contributed by atoms with Gasteiger partial charge >= 0.3 is 0 Å². The second kappa shape index (κ2) is 10.5. The van der Waals surface area contributed by atoms with Crippen LogP contribution in [0.25, 0.3) is 16.8 Å². The van der Waals surface area contributed by atoms with Crippen molar-refractivity contribution in [1.29, 1.82) is 0 Å². The fourth-order valence-electron chi connectivity index (χ4n) is 6.15. The molecule has 210 valence electrons. The molecule has 1 saturated heterocycles. The molecule has 1 aliphatic carbocycles. The molecule has 0 radical (unpaired) electrons. The Morgan fingerprint density at radius 1 is 1.07 bits per heavy atom. The van der Waals surface area contributed by atoms with Crippen LogP contribution in [0, 0.1) is 23.5 Å². The zero-order valence-corrected chi connectivity index (χ0v) is 22.6. The van der Waals surface area contributed by atoms with E-state index in [1.165, 1.54) is 16.6 Å². The number of nitrogens with two attached hydrogens (primary N) is 1. The van der Waals surface area contributed by atoms with Crippen molar-refractivity contribution in [1.82, 2.24) is 19.6 Å². The van der Waals surface area contributed by atoms with Crippen LogP contribution in [0.2, 0.25) is 0 Å². The van der Waals surface area contributed by atoms with Gasteiger partial charge in [0.25, 0.3) is 0 Å². The summed E-state index contributed by atoms with van der Waals surface area (Å²) in [6.07, 6.45) is 7.64. The van der Waals surface area contributed by atoms with Crippen LogP contribution in [0.1, 0.15) is 56.6 Å². The average molecular weight is 549 g/mol. The topological polar surface area (TPSA) is 111 Å². The average Bonchev–Trinajstić information content (AvgIpc) is 3.33. The van der Waals surface area contributed by atoms with Crippen LogP contribution in [-0.4, -0.2) is 43.9 Å². The fourth-order valence-corrected chi connectivity index (χ4v) is 6.15. The first kappa shape index (κ1) is 26.7. The summed E-state index contributed by atoms with van der Waals surface area (Å²) in [6.45, 7) is 5.12. The van der Waals surface area contributed by atoms with Crippen molar-refractivity contribution in [3.05, 3.63) is 71.7 Å². The molecule has 3 aromatic heterocycles. The summed E-state index contributed by atoms with van der Waals surface area (Å²) in [7, 11) is 0. The molecule has 4 atom stereocenters. The van der Waals surface area contributed by atoms with E-state index in [1.54, 1.807) is 30.7 Å². The van der Waals surface area contributed by atoms with E-state index >= 15 is 8.78 Å². The molecule has 0 bridgehead atoms. The lowest BCUT2D eigenvalue weighted by Crippen LogP contribution is -2.39. The fraction of sp³-hybridized carbons (Fsp3) is 0.433. The molecule has 10 heteroatoms. The van der Waals surface area contributed by atoms with Crippen LogP contribution in [-0.2, 0) is 10.3 Å². The van der Waals surface area contributed by atoms with Gasteiger partial charge in [-0.25, -0.2) is 13.8 Å². The normalized spacial score (nSPS) is 24.8. The standard InChI is InChI=1S/C30H34F2N6O2/c1-17-11-19(12-25(33)18(17)2)22-5-8-34-16-27(22)36-29-35-15-21-3-4-26(37-38(21)29)28-23(31)13-20(14-24(28)32)30(39)6-9-40-10-7-30/h3-5,8,13-19,25,39H,6-7,9-12,33H2,1-2H3,(H,35,36). The van der Waals surface area contributed by atoms with Crippen molar-refractivity contribution in [2.75, 3.05) is 18.5 Å². The van der Waals surface area contributed by atoms with Gasteiger partial charge in [-0.05, 0) is 72.1 Å². The largest absolute Gasteiger partial charge is 0.385 e. The Bertz CT molecular complexity index is 1500. The number of ether oxygens (including phenoxy) is 1. The van der Waals surface area contributed by atoms with Crippen molar-refractivity contribution >= 4 is 17.2 Å². The summed E-state index contributed by atoms with van der Waals surface area (Å²) in [6, 6.07) is 7.80. The SMILES string of the molecule is CC1CC(c2ccncc2Nc2ncc3ccc(-c4c(F)cc(C5(O)CCOCC5)cc4F)nn23)CC(N)C1C. The summed E-state index contributed by atoms with van der Waals surface area (Å²) in [4.78, 5) is 8.80. The molecule has 1 saturated carbocycles. The molecule has 4 aromatic rings. The number of fused-ring (bicyclic) bond motifs is 1. The van der Waals surface area contributed by atoms with Gasteiger partial charge in [-0.1, -0.05) is 13.8 Å². The highest BCUT2D eigenvalue weighted by Crippen LogP contribution is 2.41. The van der Waals surface area contributed by atoms with Crippen LogP contribution in [0.5, 0.6) is 0 Å². The number of aromatic nitrogens is 4. The molecule has 4 heterocycles. The second-order valence-electron chi connectivity index (χ2n) is 11.4. The van der Waals surface area contributed by atoms with Gasteiger partial charge in [0.05, 0.1) is 40.5 Å². The molecule has 4 N–H and O–H groups in total. The highest BCUT2D eigenvalue weighted by molar-refractivity contribution is 5.66. The number of hydrogen-bond acceptors (Lipinski definition) is 7. The number of anilines is 2. The van der Waals surface area contributed by atoms with Crippen LogP contribution >= 0.6 is 0 Å². The lowest BCUT2D eigenvalue weighted by Gasteiger charge is -2.37. The van der Waals surface area contributed by atoms with Crippen molar-refractivity contribution in [3.63, 3.8) is 0 Å². The van der Waals surface area contributed by atoms with Crippen LogP contribution in [0.4, 0.5) is 20.4 Å². The molecule has 2 aliphatic rings. The van der Waals surface area contributed by atoms with Crippen molar-refractivity contribution in [2.45, 2.75) is 57.1 Å². The number of pyridine rings is 1. The predicted octanol–water partition coefficient (Wildman–Crippen LogP) is 5.29. The highest BCUT2D eigenvalue weighted by atomic mass is 19.1. The monoisotopic (exact) mass is 548 g/mol. The third kappa shape index (κ3) is 4.84. The van der Waals surface area contributed by atoms with E-state index in [2.05, 4.69) is 34.2 Å². The first-order chi connectivity index (χ1) is 19.2. The number of halogens is 2. The Kier molecular flexibility index (Phi) is 7.02. The number of rotatable bonds is 5. The van der Waals surface area contributed by atoms with E-state index in [0.717, 1.165) is 24.1 Å². The molecule has 1 aromatic carbocycles. The molecular formula is C30H34F2N6O2. The molecule has 1 aliphatic heterocycles. The molecule has 2 fully saturated rings. The first-order valence-corrected chi connectivity index (χ1v) is 13.8. The second-order valence-corrected chi connectivity index (χ2v) is 11.4. The first-order valence-electron chi connectivity index (χ1n) is 13.8. The summed E-state index contributed by atoms with van der Waals surface area (Å²) in [5.41, 5.74) is 7.77. The van der Waals surface area contributed by atoms with Crippen molar-refractivity contribution in [3.8, 4) is 11.3 Å². The summed E-state index contributed by atoms with van der Waals surface area (Å²) in [5, 5.41) is 18.8. The van der Waals surface area contributed by atoms with E-state index in [9.17, 15) is 5.11 Å². The maximum absolute atomic E-state index is 15.4. The van der Waals surface area contributed by atoms with Crippen molar-refractivity contribution < 1.29 is 18.6 Å². The van der Waals surface area contributed by atoms with Gasteiger partial charge in [0, 0.05) is 38.3 Å². The van der Waals surface area contributed by atoms with Crippen LogP contribution in [0.3, 0.4) is 0 Å². The van der Waals surface area contributed by atoms with Gasteiger partial charge < -0.3 is 20.9 Å². The highest BCUT2D eigenvalue weighted by Gasteiger charge is 2.34. The number of hydrogen-bond donors (Lipinski definition) is 3. The number of nitrogens with zero attached hydrogens (tertiary/aromatic N) is 4. The maximum atomic E-state index is 15.4. The van der Waals surface area contributed by atoms with E-state index in [1.807, 2.05) is 6.07 Å². The van der Waals surface area contributed by atoms with E-state index in [-0.39, 0.29) is 41.6 Å². The quantitative estimate of drug-likeness (QED) is 0.311. The molecule has 0 spiro atoms. The Balaban J connectivity index is 1.33. The molecule has 4 unspecified atom stereocenters. The van der Waals surface area contributed by atoms with E-state index in [0.29, 0.717) is 36.5 Å². The predicted molar refractivity (Wildman–Crippen MR) is 148 cm³/mol. The number of imidazole rings is 1. The third-order valence-electron chi connectivity index (χ3n) is 8.87. The lowest BCUT2D eigenvalue weighted by molar-refractivity contribution is -0.0682. The Morgan fingerprint density at radius 2 is 1.82 bits per heavy atom. The van der Waals surface area contributed by atoms with Gasteiger partial charge in [-0.2, -0.15) is 9.61 Å². The van der Waals surface area contributed by atoms with Gasteiger partial charge in [-0.3, -0.25) is 4.98 Å². The molecular weight excluding hydrogens is 514 g/mol. The lowest BCUT2D eigenvalue weighted by atomic mass is 9.71. The van der Waals surface area contributed by atoms with E-state index in [4.69, 9.17) is 10.5 Å². The van der Waals surface area contributed by atoms with E-state index < -0.39 is 17.2 Å². The molecule has 6 rings (SSSR count). The van der Waals surface area contributed by atoms with Gasteiger partial charge in [-0.15, -0.1) is 0 Å².